The molecule has 0 aromatic heterocycles. The highest BCUT2D eigenvalue weighted by molar-refractivity contribution is 6.00. The highest BCUT2D eigenvalue weighted by atomic mass is 16.4. The van der Waals surface area contributed by atoms with Crippen LogP contribution in [0.2, 0.25) is 0 Å². The molecule has 27 nitrogen and oxygen atoms in total. The second-order valence-corrected chi connectivity index (χ2v) is 14.2. The Kier molecular flexibility index (Phi) is 24.9. The second kappa shape index (κ2) is 27.9. The summed E-state index contributed by atoms with van der Waals surface area (Å²) in [6.45, 7) is 3.28. The van der Waals surface area contributed by atoms with E-state index < -0.39 is 145 Å². The van der Waals surface area contributed by atoms with Crippen LogP contribution in [0.1, 0.15) is 78.1 Å². The summed E-state index contributed by atoms with van der Waals surface area (Å²) in [5.74, 6) is -13.2. The molecule has 23 N–H and O–H groups in total. The zero-order chi connectivity index (χ0) is 47.0. The second-order valence-electron chi connectivity index (χ2n) is 14.2. The number of hydrogen-bond donors (Lipinski definition) is 15. The van der Waals surface area contributed by atoms with Crippen molar-refractivity contribution in [1.82, 2.24) is 31.9 Å². The number of nitrogens with zero attached hydrogens (tertiary/aromatic N) is 1. The normalized spacial score (nSPS) is 14.2. The largest absolute Gasteiger partial charge is 0.480 e. The minimum atomic E-state index is -1.91. The number of carboxylic acid groups (broad SMARTS) is 1. The minimum absolute atomic E-state index is 0.00399. The van der Waals surface area contributed by atoms with Gasteiger partial charge >= 0.3 is 5.97 Å². The number of nitrogens with two attached hydrogens (primary N) is 8. The molecule has 344 valence electrons. The van der Waals surface area contributed by atoms with Crippen LogP contribution in [-0.4, -0.2) is 131 Å². The third kappa shape index (κ3) is 22.9. The predicted molar refractivity (Wildman–Crippen MR) is 215 cm³/mol. The van der Waals surface area contributed by atoms with Crippen LogP contribution in [-0.2, 0) is 52.7 Å². The smallest absolute Gasteiger partial charge is 0.326 e. The fourth-order valence-electron chi connectivity index (χ4n) is 5.33. The fraction of sp³-hybridized carbons (Fsp3) is 0.647. The van der Waals surface area contributed by atoms with Gasteiger partial charge in [0.1, 0.15) is 36.3 Å². The molecule has 61 heavy (non-hydrogen) atoms. The van der Waals surface area contributed by atoms with E-state index in [1.165, 1.54) is 13.8 Å². The van der Waals surface area contributed by atoms with Gasteiger partial charge in [-0.25, -0.2) is 4.79 Å². The average molecular weight is 872 g/mol. The Morgan fingerprint density at radius 3 is 1.28 bits per heavy atom. The lowest BCUT2D eigenvalue weighted by atomic mass is 10.0. The molecule has 10 amide bonds. The molecular weight excluding hydrogens is 810 g/mol. The maximum Gasteiger partial charge on any atom is 0.326 e. The van der Waals surface area contributed by atoms with E-state index in [-0.39, 0.29) is 31.8 Å². The van der Waals surface area contributed by atoms with Gasteiger partial charge in [0.15, 0.2) is 5.96 Å². The number of aliphatic imine (C=N–C) groups is 1. The van der Waals surface area contributed by atoms with Gasteiger partial charge in [-0.15, -0.1) is 0 Å². The first-order valence-electron chi connectivity index (χ1n) is 19.1. The highest BCUT2D eigenvalue weighted by Crippen LogP contribution is 2.08. The van der Waals surface area contributed by atoms with Gasteiger partial charge in [0, 0.05) is 13.0 Å². The van der Waals surface area contributed by atoms with Crippen molar-refractivity contribution in [1.29, 1.82) is 0 Å². The zero-order valence-electron chi connectivity index (χ0n) is 34.1. The summed E-state index contributed by atoms with van der Waals surface area (Å²) in [4.78, 5) is 143. The van der Waals surface area contributed by atoms with E-state index in [4.69, 9.17) is 45.9 Å². The van der Waals surface area contributed by atoms with Crippen molar-refractivity contribution in [3.63, 3.8) is 0 Å². The zero-order valence-corrected chi connectivity index (χ0v) is 34.1. The summed E-state index contributed by atoms with van der Waals surface area (Å²) in [7, 11) is 0. The number of rotatable bonds is 31. The summed E-state index contributed by atoms with van der Waals surface area (Å²) >= 11 is 0. The van der Waals surface area contributed by atoms with Crippen molar-refractivity contribution >= 4 is 71.0 Å². The monoisotopic (exact) mass is 871 g/mol. The van der Waals surface area contributed by atoms with E-state index in [2.05, 4.69) is 36.9 Å². The van der Waals surface area contributed by atoms with Crippen molar-refractivity contribution in [3.8, 4) is 0 Å². The minimum Gasteiger partial charge on any atom is -0.480 e. The molecule has 7 unspecified atom stereocenters. The lowest BCUT2D eigenvalue weighted by molar-refractivity contribution is -0.143. The first kappa shape index (κ1) is 54.4. The number of aliphatic carboxylic acids is 1. The van der Waals surface area contributed by atoms with Gasteiger partial charge in [-0.3, -0.25) is 52.9 Å². The summed E-state index contributed by atoms with van der Waals surface area (Å²) < 4.78 is 0. The maximum atomic E-state index is 13.7. The Bertz CT molecular complexity index is 1620. The predicted octanol–water partition coefficient (Wildman–Crippen LogP) is -7.96. The third-order valence-corrected chi connectivity index (χ3v) is 8.54. The van der Waals surface area contributed by atoms with E-state index in [0.717, 1.165) is 0 Å². The van der Waals surface area contributed by atoms with Crippen LogP contribution >= 0.6 is 0 Å². The van der Waals surface area contributed by atoms with E-state index in [1.54, 1.807) is 0 Å². The molecule has 0 fully saturated rings. The number of primary amides is 4. The topological polar surface area (TPSA) is 501 Å². The van der Waals surface area contributed by atoms with Gasteiger partial charge in [0.05, 0.1) is 25.3 Å². The molecule has 0 bridgehead atoms. The molecule has 0 saturated carbocycles. The molecule has 0 aliphatic carbocycles. The van der Waals surface area contributed by atoms with Crippen molar-refractivity contribution < 1.29 is 57.8 Å². The first-order valence-corrected chi connectivity index (χ1v) is 19.1. The van der Waals surface area contributed by atoms with Gasteiger partial charge < -0.3 is 82.9 Å². The third-order valence-electron chi connectivity index (χ3n) is 8.54. The van der Waals surface area contributed by atoms with Crippen LogP contribution in [0.25, 0.3) is 0 Å². The maximum absolute atomic E-state index is 13.7. The number of unbranched alkanes of at least 4 members (excludes halogenated alkanes) is 1. The van der Waals surface area contributed by atoms with E-state index in [0.29, 0.717) is 19.4 Å². The fourth-order valence-corrected chi connectivity index (χ4v) is 5.33. The lowest BCUT2D eigenvalue weighted by Gasteiger charge is -2.27. The molecule has 0 aromatic carbocycles. The molecule has 7 atom stereocenters. The molecule has 0 heterocycles. The standard InChI is InChI=1S/C34H61N15O12/c1-15(2)26(33(60)61)49-29(56)18(8-9-22(37)50)45-28(55)17(7-5-11-43-34(41)42)44-30(57)20(13-24(39)52)47-32(59)21(14-25(40)53)48-31(58)19(12-23(38)51)46-27(54)16(36)6-3-4-10-35/h15-21,26H,3-14,35-36H2,1-2H3,(H2,37,50)(H2,38,51)(H2,39,52)(H2,40,53)(H,44,57)(H,45,55)(H,46,54)(H,47,59)(H,48,58)(H,49,56)(H,60,61)(H4,41,42,43). The number of carbonyl (C=O) groups excluding carboxylic acids is 10. The van der Waals surface area contributed by atoms with Crippen LogP contribution in [0, 0.1) is 5.92 Å². The Balaban J connectivity index is 6.57. The molecule has 0 spiro atoms. The van der Waals surface area contributed by atoms with Gasteiger partial charge in [-0.1, -0.05) is 20.3 Å². The molecule has 0 aliphatic rings. The summed E-state index contributed by atoms with van der Waals surface area (Å²) in [5.41, 5.74) is 43.2. The number of amides is 10. The summed E-state index contributed by atoms with van der Waals surface area (Å²) in [6.07, 6.45) is -2.53. The van der Waals surface area contributed by atoms with Gasteiger partial charge in [-0.2, -0.15) is 0 Å². The van der Waals surface area contributed by atoms with Gasteiger partial charge in [-0.05, 0) is 44.6 Å². The average Bonchev–Trinajstić information content (AvgIpc) is 3.14. The Morgan fingerprint density at radius 2 is 0.902 bits per heavy atom. The van der Waals surface area contributed by atoms with Crippen molar-refractivity contribution in [2.24, 2.45) is 56.8 Å². The summed E-state index contributed by atoms with van der Waals surface area (Å²) in [6, 6.07) is -11.2. The first-order chi connectivity index (χ1) is 28.4. The number of guanidine groups is 1. The Hall–Kier alpha value is -6.64. The van der Waals surface area contributed by atoms with Crippen LogP contribution in [0.5, 0.6) is 0 Å². The van der Waals surface area contributed by atoms with Crippen LogP contribution in [0.15, 0.2) is 4.99 Å². The lowest BCUT2D eigenvalue weighted by Crippen LogP contribution is -2.60. The van der Waals surface area contributed by atoms with Crippen molar-refractivity contribution in [2.45, 2.75) is 120 Å². The van der Waals surface area contributed by atoms with Crippen molar-refractivity contribution in [2.75, 3.05) is 13.1 Å². The van der Waals surface area contributed by atoms with Gasteiger partial charge in [0.2, 0.25) is 59.1 Å². The number of nitrogens with one attached hydrogen (secondary N) is 6. The molecule has 0 radical (unpaired) electrons. The molecular formula is C34H61N15O12. The quantitative estimate of drug-likeness (QED) is 0.0175. The Labute approximate surface area is 350 Å². The van der Waals surface area contributed by atoms with E-state index >= 15 is 0 Å². The molecule has 27 heteroatoms. The number of carbonyl (C=O) groups is 11. The number of hydrogen-bond acceptors (Lipinski definition) is 14. The molecule has 0 saturated heterocycles. The molecule has 0 aromatic rings. The van der Waals surface area contributed by atoms with Crippen LogP contribution in [0.3, 0.4) is 0 Å². The van der Waals surface area contributed by atoms with Crippen LogP contribution < -0.4 is 77.8 Å². The summed E-state index contributed by atoms with van der Waals surface area (Å²) in [5, 5.41) is 23.0. The van der Waals surface area contributed by atoms with E-state index in [9.17, 15) is 57.8 Å². The van der Waals surface area contributed by atoms with E-state index in [1.807, 2.05) is 0 Å². The van der Waals surface area contributed by atoms with Gasteiger partial charge in [0.25, 0.3) is 0 Å². The van der Waals surface area contributed by atoms with Crippen molar-refractivity contribution in [3.05, 3.63) is 0 Å². The highest BCUT2D eigenvalue weighted by Gasteiger charge is 2.35. The number of carboxylic acids is 1. The SMILES string of the molecule is CC(C)C(NC(=O)C(CCC(N)=O)NC(=O)C(CCCN=C(N)N)NC(=O)C(CC(N)=O)NC(=O)C(CC(N)=O)NC(=O)C(CC(N)=O)NC(=O)C(N)CCCCN)C(=O)O. The molecule has 0 aliphatic heterocycles. The Morgan fingerprint density at radius 1 is 0.508 bits per heavy atom. The molecule has 0 rings (SSSR count). The van der Waals surface area contributed by atoms with Crippen LogP contribution in [0.4, 0.5) is 0 Å².